The van der Waals surface area contributed by atoms with Gasteiger partial charge in [0.2, 0.25) is 0 Å². The predicted octanol–water partition coefficient (Wildman–Crippen LogP) is 3.36. The third kappa shape index (κ3) is 3.65. The van der Waals surface area contributed by atoms with Crippen LogP contribution in [0.3, 0.4) is 0 Å². The van der Waals surface area contributed by atoms with Crippen LogP contribution in [0.25, 0.3) is 0 Å². The molecule has 1 fully saturated rings. The molecule has 1 aromatic rings. The molecule has 1 aliphatic carbocycles. The first kappa shape index (κ1) is 16.0. The van der Waals surface area contributed by atoms with E-state index in [1.807, 2.05) is 23.1 Å². The second-order valence-corrected chi connectivity index (χ2v) is 6.96. The van der Waals surface area contributed by atoms with Gasteiger partial charge in [0.05, 0.1) is 0 Å². The van der Waals surface area contributed by atoms with Gasteiger partial charge in [0, 0.05) is 24.8 Å². The van der Waals surface area contributed by atoms with Crippen molar-refractivity contribution in [2.45, 2.75) is 57.9 Å². The SMILES string of the molecule is CC(C)(C)c1ccccc1C(=O)N(CCCO)C1CCC1. The smallest absolute Gasteiger partial charge is 0.254 e. The number of amides is 1. The van der Waals surface area contributed by atoms with Gasteiger partial charge in [-0.3, -0.25) is 4.79 Å². The average molecular weight is 289 g/mol. The Hall–Kier alpha value is -1.35. The summed E-state index contributed by atoms with van der Waals surface area (Å²) >= 11 is 0. The van der Waals surface area contributed by atoms with Crippen LogP contribution in [0.5, 0.6) is 0 Å². The molecule has 1 saturated carbocycles. The molecule has 116 valence electrons. The number of aliphatic hydroxyl groups excluding tert-OH is 1. The van der Waals surface area contributed by atoms with Crippen molar-refractivity contribution in [3.63, 3.8) is 0 Å². The molecule has 0 atom stereocenters. The van der Waals surface area contributed by atoms with E-state index in [4.69, 9.17) is 5.11 Å². The van der Waals surface area contributed by atoms with E-state index < -0.39 is 0 Å². The van der Waals surface area contributed by atoms with Gasteiger partial charge in [0.1, 0.15) is 0 Å². The Labute approximate surface area is 128 Å². The van der Waals surface area contributed by atoms with E-state index in [0.29, 0.717) is 19.0 Å². The normalized spacial score (nSPS) is 15.6. The molecular formula is C18H27NO2. The van der Waals surface area contributed by atoms with Gasteiger partial charge < -0.3 is 10.0 Å². The van der Waals surface area contributed by atoms with E-state index in [1.165, 1.54) is 6.42 Å². The molecule has 2 rings (SSSR count). The fraction of sp³-hybridized carbons (Fsp3) is 0.611. The molecule has 1 amide bonds. The maximum absolute atomic E-state index is 13.0. The third-order valence-electron chi connectivity index (χ3n) is 4.30. The third-order valence-corrected chi connectivity index (χ3v) is 4.30. The Kier molecular flexibility index (Phi) is 5.04. The monoisotopic (exact) mass is 289 g/mol. The number of hydrogen-bond donors (Lipinski definition) is 1. The molecule has 0 aromatic heterocycles. The average Bonchev–Trinajstić information content (AvgIpc) is 2.39. The standard InChI is InChI=1S/C18H27NO2/c1-18(2,3)16-11-5-4-10-15(16)17(21)19(12-7-13-20)14-8-6-9-14/h4-5,10-11,14,20H,6-9,12-13H2,1-3H3. The first-order chi connectivity index (χ1) is 9.95. The van der Waals surface area contributed by atoms with Gasteiger partial charge in [0.25, 0.3) is 5.91 Å². The molecule has 1 aromatic carbocycles. The molecule has 3 nitrogen and oxygen atoms in total. The predicted molar refractivity (Wildman–Crippen MR) is 85.5 cm³/mol. The molecule has 0 spiro atoms. The second kappa shape index (κ2) is 6.61. The molecule has 3 heteroatoms. The second-order valence-electron chi connectivity index (χ2n) is 6.96. The van der Waals surface area contributed by atoms with Gasteiger partial charge in [-0.2, -0.15) is 0 Å². The summed E-state index contributed by atoms with van der Waals surface area (Å²) in [6, 6.07) is 8.29. The number of nitrogens with zero attached hydrogens (tertiary/aromatic N) is 1. The van der Waals surface area contributed by atoms with Crippen molar-refractivity contribution in [2.75, 3.05) is 13.2 Å². The van der Waals surface area contributed by atoms with Crippen LogP contribution in [0.1, 0.15) is 62.4 Å². The number of benzene rings is 1. The Morgan fingerprint density at radius 2 is 1.95 bits per heavy atom. The largest absolute Gasteiger partial charge is 0.396 e. The van der Waals surface area contributed by atoms with E-state index in [0.717, 1.165) is 24.0 Å². The zero-order valence-corrected chi connectivity index (χ0v) is 13.4. The lowest BCUT2D eigenvalue weighted by molar-refractivity contribution is 0.0560. The molecule has 1 aliphatic rings. The summed E-state index contributed by atoms with van der Waals surface area (Å²) in [7, 11) is 0. The molecule has 1 N–H and O–H groups in total. The van der Waals surface area contributed by atoms with E-state index in [1.54, 1.807) is 0 Å². The minimum atomic E-state index is -0.0471. The van der Waals surface area contributed by atoms with Gasteiger partial charge in [-0.05, 0) is 42.7 Å². The van der Waals surface area contributed by atoms with Crippen molar-refractivity contribution < 1.29 is 9.90 Å². The van der Waals surface area contributed by atoms with E-state index in [-0.39, 0.29) is 17.9 Å². The Morgan fingerprint density at radius 1 is 1.29 bits per heavy atom. The van der Waals surface area contributed by atoms with Gasteiger partial charge in [-0.15, -0.1) is 0 Å². The van der Waals surface area contributed by atoms with Crippen LogP contribution in [-0.4, -0.2) is 35.1 Å². The molecule has 0 aliphatic heterocycles. The molecular weight excluding hydrogens is 262 g/mol. The summed E-state index contributed by atoms with van der Waals surface area (Å²) in [5.74, 6) is 0.124. The van der Waals surface area contributed by atoms with Crippen molar-refractivity contribution in [1.29, 1.82) is 0 Å². The fourth-order valence-electron chi connectivity index (χ4n) is 2.87. The first-order valence-electron chi connectivity index (χ1n) is 7.96. The highest BCUT2D eigenvalue weighted by Gasteiger charge is 2.31. The van der Waals surface area contributed by atoms with Gasteiger partial charge in [-0.1, -0.05) is 39.0 Å². The lowest BCUT2D eigenvalue weighted by Crippen LogP contribution is -2.45. The first-order valence-corrected chi connectivity index (χ1v) is 7.96. The van der Waals surface area contributed by atoms with Crippen molar-refractivity contribution in [3.8, 4) is 0 Å². The van der Waals surface area contributed by atoms with Crippen LogP contribution in [0, 0.1) is 0 Å². The number of rotatable bonds is 5. The van der Waals surface area contributed by atoms with Crippen LogP contribution >= 0.6 is 0 Å². The van der Waals surface area contributed by atoms with Gasteiger partial charge >= 0.3 is 0 Å². The summed E-state index contributed by atoms with van der Waals surface area (Å²) in [6.45, 7) is 7.21. The maximum atomic E-state index is 13.0. The number of aliphatic hydroxyl groups is 1. The minimum Gasteiger partial charge on any atom is -0.396 e. The summed E-state index contributed by atoms with van der Waals surface area (Å²) in [5, 5.41) is 9.09. The number of carbonyl (C=O) groups is 1. The van der Waals surface area contributed by atoms with Crippen LogP contribution < -0.4 is 0 Å². The molecule has 0 saturated heterocycles. The van der Waals surface area contributed by atoms with Crippen molar-refractivity contribution in [3.05, 3.63) is 35.4 Å². The number of hydrogen-bond acceptors (Lipinski definition) is 2. The highest BCUT2D eigenvalue weighted by atomic mass is 16.3. The van der Waals surface area contributed by atoms with Crippen LogP contribution in [-0.2, 0) is 5.41 Å². The highest BCUT2D eigenvalue weighted by molar-refractivity contribution is 5.96. The van der Waals surface area contributed by atoms with Crippen molar-refractivity contribution in [1.82, 2.24) is 4.90 Å². The summed E-state index contributed by atoms with van der Waals surface area (Å²) in [6.07, 6.45) is 4.04. The fourth-order valence-corrected chi connectivity index (χ4v) is 2.87. The molecule has 0 radical (unpaired) electrons. The molecule has 0 unspecified atom stereocenters. The van der Waals surface area contributed by atoms with Gasteiger partial charge in [0.15, 0.2) is 0 Å². The van der Waals surface area contributed by atoms with E-state index in [2.05, 4.69) is 26.8 Å². The minimum absolute atomic E-state index is 0.0471. The van der Waals surface area contributed by atoms with E-state index >= 15 is 0 Å². The Balaban J connectivity index is 2.28. The van der Waals surface area contributed by atoms with Gasteiger partial charge in [-0.25, -0.2) is 0 Å². The quantitative estimate of drug-likeness (QED) is 0.903. The highest BCUT2D eigenvalue weighted by Crippen LogP contribution is 2.30. The van der Waals surface area contributed by atoms with Crippen molar-refractivity contribution in [2.24, 2.45) is 0 Å². The maximum Gasteiger partial charge on any atom is 0.254 e. The van der Waals surface area contributed by atoms with Crippen molar-refractivity contribution >= 4 is 5.91 Å². The topological polar surface area (TPSA) is 40.5 Å². The number of carbonyl (C=O) groups excluding carboxylic acids is 1. The summed E-state index contributed by atoms with van der Waals surface area (Å²) in [5.41, 5.74) is 1.87. The molecule has 0 heterocycles. The zero-order valence-electron chi connectivity index (χ0n) is 13.4. The Morgan fingerprint density at radius 3 is 2.48 bits per heavy atom. The van der Waals surface area contributed by atoms with Crippen LogP contribution in [0.15, 0.2) is 24.3 Å². The Bertz CT molecular complexity index is 486. The molecule has 21 heavy (non-hydrogen) atoms. The lowest BCUT2D eigenvalue weighted by Gasteiger charge is -2.38. The van der Waals surface area contributed by atoms with Crippen LogP contribution in [0.2, 0.25) is 0 Å². The van der Waals surface area contributed by atoms with E-state index in [9.17, 15) is 4.79 Å². The zero-order chi connectivity index (χ0) is 15.5. The molecule has 0 bridgehead atoms. The summed E-state index contributed by atoms with van der Waals surface area (Å²) < 4.78 is 0. The lowest BCUT2D eigenvalue weighted by atomic mass is 9.83. The van der Waals surface area contributed by atoms with Crippen LogP contribution in [0.4, 0.5) is 0 Å². The summed E-state index contributed by atoms with van der Waals surface area (Å²) in [4.78, 5) is 15.0.